The molecule has 0 spiro atoms. The van der Waals surface area contributed by atoms with Crippen molar-refractivity contribution in [3.63, 3.8) is 0 Å². The van der Waals surface area contributed by atoms with E-state index in [-0.39, 0.29) is 5.91 Å². The van der Waals surface area contributed by atoms with Crippen molar-refractivity contribution >= 4 is 17.2 Å². The van der Waals surface area contributed by atoms with Crippen LogP contribution in [0.1, 0.15) is 32.9 Å². The highest BCUT2D eigenvalue weighted by molar-refractivity contribution is 7.13. The molecule has 2 aromatic rings. The zero-order valence-corrected chi connectivity index (χ0v) is 13.2. The standard InChI is InChI=1S/C14H20N4OS/c1-5-12-13(20-10(2)16-12)14(19)17(3)7-6-11-8-15-18(4)9-11/h8-9H,5-7H2,1-4H3. The smallest absolute Gasteiger partial charge is 0.265 e. The maximum Gasteiger partial charge on any atom is 0.265 e. The molecule has 0 aliphatic rings. The van der Waals surface area contributed by atoms with Crippen LogP contribution >= 0.6 is 11.3 Å². The lowest BCUT2D eigenvalue weighted by Gasteiger charge is -2.16. The predicted octanol–water partition coefficient (Wildman–Crippen LogP) is 2.06. The van der Waals surface area contributed by atoms with Gasteiger partial charge in [-0.25, -0.2) is 4.98 Å². The zero-order valence-electron chi connectivity index (χ0n) is 12.4. The van der Waals surface area contributed by atoms with E-state index in [2.05, 4.69) is 10.1 Å². The third kappa shape index (κ3) is 3.25. The molecule has 5 nitrogen and oxygen atoms in total. The number of hydrogen-bond acceptors (Lipinski definition) is 4. The van der Waals surface area contributed by atoms with Gasteiger partial charge in [-0.3, -0.25) is 9.48 Å². The second-order valence-electron chi connectivity index (χ2n) is 4.86. The summed E-state index contributed by atoms with van der Waals surface area (Å²) in [4.78, 5) is 19.4. The van der Waals surface area contributed by atoms with E-state index in [9.17, 15) is 4.79 Å². The predicted molar refractivity (Wildman–Crippen MR) is 80.1 cm³/mol. The van der Waals surface area contributed by atoms with Crippen molar-refractivity contribution in [2.75, 3.05) is 13.6 Å². The number of aromatic nitrogens is 3. The minimum Gasteiger partial charge on any atom is -0.341 e. The fraction of sp³-hybridized carbons (Fsp3) is 0.500. The van der Waals surface area contributed by atoms with Gasteiger partial charge < -0.3 is 4.90 Å². The first-order chi connectivity index (χ1) is 9.51. The molecule has 108 valence electrons. The second kappa shape index (κ2) is 6.17. The molecule has 0 unspecified atom stereocenters. The van der Waals surface area contributed by atoms with Crippen LogP contribution in [0.3, 0.4) is 0 Å². The molecule has 0 aliphatic carbocycles. The van der Waals surface area contributed by atoms with Crippen LogP contribution in [0, 0.1) is 6.92 Å². The van der Waals surface area contributed by atoms with Crippen LogP contribution < -0.4 is 0 Å². The van der Waals surface area contributed by atoms with Gasteiger partial charge in [0.2, 0.25) is 0 Å². The van der Waals surface area contributed by atoms with E-state index in [0.29, 0.717) is 6.54 Å². The first-order valence-corrected chi connectivity index (χ1v) is 7.52. The molecule has 2 heterocycles. The highest BCUT2D eigenvalue weighted by Crippen LogP contribution is 2.20. The van der Waals surface area contributed by atoms with Crippen LogP contribution in [0.2, 0.25) is 0 Å². The van der Waals surface area contributed by atoms with Gasteiger partial charge >= 0.3 is 0 Å². The number of likely N-dealkylation sites (N-methyl/N-ethyl adjacent to an activating group) is 1. The molecule has 0 N–H and O–H groups in total. The average Bonchev–Trinajstić information content (AvgIpc) is 3.00. The van der Waals surface area contributed by atoms with Crippen molar-refractivity contribution in [2.24, 2.45) is 7.05 Å². The van der Waals surface area contributed by atoms with Crippen LogP contribution in [0.5, 0.6) is 0 Å². The van der Waals surface area contributed by atoms with E-state index in [1.165, 1.54) is 11.3 Å². The maximum atomic E-state index is 12.4. The van der Waals surface area contributed by atoms with Gasteiger partial charge in [0.05, 0.1) is 16.9 Å². The van der Waals surface area contributed by atoms with Crippen molar-refractivity contribution in [3.8, 4) is 0 Å². The minimum atomic E-state index is 0.0661. The summed E-state index contributed by atoms with van der Waals surface area (Å²) in [5, 5.41) is 5.08. The van der Waals surface area contributed by atoms with Crippen molar-refractivity contribution < 1.29 is 4.79 Å². The SMILES string of the molecule is CCc1nc(C)sc1C(=O)N(C)CCc1cnn(C)c1. The number of carbonyl (C=O) groups is 1. The van der Waals surface area contributed by atoms with Gasteiger partial charge in [-0.2, -0.15) is 5.10 Å². The lowest BCUT2D eigenvalue weighted by Crippen LogP contribution is -2.28. The normalized spacial score (nSPS) is 10.8. The quantitative estimate of drug-likeness (QED) is 0.847. The maximum absolute atomic E-state index is 12.4. The molecule has 0 aromatic carbocycles. The van der Waals surface area contributed by atoms with Crippen molar-refractivity contribution in [1.29, 1.82) is 0 Å². The second-order valence-corrected chi connectivity index (χ2v) is 6.06. The van der Waals surface area contributed by atoms with Gasteiger partial charge in [-0.1, -0.05) is 6.92 Å². The van der Waals surface area contributed by atoms with E-state index in [4.69, 9.17) is 0 Å². The van der Waals surface area contributed by atoms with Crippen LogP contribution in [0.4, 0.5) is 0 Å². The Kier molecular flexibility index (Phi) is 4.54. The zero-order chi connectivity index (χ0) is 14.7. The Morgan fingerprint density at radius 1 is 1.50 bits per heavy atom. The lowest BCUT2D eigenvalue weighted by molar-refractivity contribution is 0.0800. The van der Waals surface area contributed by atoms with Crippen LogP contribution in [-0.4, -0.2) is 39.2 Å². The Balaban J connectivity index is 2.01. The molecule has 6 heteroatoms. The van der Waals surface area contributed by atoms with Gasteiger partial charge in [0.1, 0.15) is 4.88 Å². The van der Waals surface area contributed by atoms with Gasteiger partial charge in [0.25, 0.3) is 5.91 Å². The van der Waals surface area contributed by atoms with Crippen LogP contribution in [-0.2, 0) is 19.9 Å². The summed E-state index contributed by atoms with van der Waals surface area (Å²) in [6.07, 6.45) is 5.43. The molecule has 0 aliphatic heterocycles. The molecule has 1 amide bonds. The first-order valence-electron chi connectivity index (χ1n) is 6.70. The van der Waals surface area contributed by atoms with Gasteiger partial charge in [-0.05, 0) is 25.3 Å². The third-order valence-corrected chi connectivity index (χ3v) is 4.18. The Bertz CT molecular complexity index is 602. The van der Waals surface area contributed by atoms with E-state index in [1.54, 1.807) is 9.58 Å². The number of rotatable bonds is 5. The Hall–Kier alpha value is -1.69. The summed E-state index contributed by atoms with van der Waals surface area (Å²) < 4.78 is 1.78. The average molecular weight is 292 g/mol. The minimum absolute atomic E-state index is 0.0661. The van der Waals surface area contributed by atoms with Crippen molar-refractivity contribution in [2.45, 2.75) is 26.7 Å². The summed E-state index contributed by atoms with van der Waals surface area (Å²) in [5.74, 6) is 0.0661. The fourth-order valence-corrected chi connectivity index (χ4v) is 3.05. The fourth-order valence-electron chi connectivity index (χ4n) is 2.05. The van der Waals surface area contributed by atoms with Gasteiger partial charge in [0, 0.05) is 26.8 Å². The number of nitrogens with zero attached hydrogens (tertiary/aromatic N) is 4. The topological polar surface area (TPSA) is 51.0 Å². The summed E-state index contributed by atoms with van der Waals surface area (Å²) in [6.45, 7) is 4.65. The number of aryl methyl sites for hydroxylation is 3. The summed E-state index contributed by atoms with van der Waals surface area (Å²) in [5.41, 5.74) is 2.05. The first kappa shape index (κ1) is 14.7. The summed E-state index contributed by atoms with van der Waals surface area (Å²) in [6, 6.07) is 0. The summed E-state index contributed by atoms with van der Waals surface area (Å²) >= 11 is 1.48. The number of carbonyl (C=O) groups excluding carboxylic acids is 1. The highest BCUT2D eigenvalue weighted by atomic mass is 32.1. The Morgan fingerprint density at radius 2 is 2.25 bits per heavy atom. The molecule has 20 heavy (non-hydrogen) atoms. The Labute approximate surface area is 123 Å². The van der Waals surface area contributed by atoms with Crippen LogP contribution in [0.25, 0.3) is 0 Å². The molecule has 2 rings (SSSR count). The summed E-state index contributed by atoms with van der Waals surface area (Å²) in [7, 11) is 3.74. The molecule has 0 saturated heterocycles. The van der Waals surface area contributed by atoms with Gasteiger partial charge in [-0.15, -0.1) is 11.3 Å². The molecule has 0 saturated carbocycles. The van der Waals surface area contributed by atoms with E-state index >= 15 is 0 Å². The number of thiazole rings is 1. The molecule has 2 aromatic heterocycles. The lowest BCUT2D eigenvalue weighted by atomic mass is 10.2. The molecule has 0 atom stereocenters. The van der Waals surface area contributed by atoms with E-state index < -0.39 is 0 Å². The van der Waals surface area contributed by atoms with Crippen molar-refractivity contribution in [3.05, 3.63) is 33.5 Å². The van der Waals surface area contributed by atoms with Gasteiger partial charge in [0.15, 0.2) is 0 Å². The highest BCUT2D eigenvalue weighted by Gasteiger charge is 2.19. The molecule has 0 fully saturated rings. The molecule has 0 radical (unpaired) electrons. The molecular weight excluding hydrogens is 272 g/mol. The molecule has 0 bridgehead atoms. The third-order valence-electron chi connectivity index (χ3n) is 3.17. The largest absolute Gasteiger partial charge is 0.341 e. The van der Waals surface area contributed by atoms with E-state index in [1.807, 2.05) is 40.3 Å². The molecular formula is C14H20N4OS. The Morgan fingerprint density at radius 3 is 2.85 bits per heavy atom. The van der Waals surface area contributed by atoms with Crippen molar-refractivity contribution in [1.82, 2.24) is 19.7 Å². The van der Waals surface area contributed by atoms with Crippen LogP contribution in [0.15, 0.2) is 12.4 Å². The van der Waals surface area contributed by atoms with E-state index in [0.717, 1.165) is 34.0 Å². The monoisotopic (exact) mass is 292 g/mol. The number of hydrogen-bond donors (Lipinski definition) is 0. The number of amides is 1.